The van der Waals surface area contributed by atoms with Crippen molar-refractivity contribution in [1.29, 1.82) is 0 Å². The number of nitrogens with one attached hydrogen (secondary N) is 2. The van der Waals surface area contributed by atoms with Gasteiger partial charge in [-0.25, -0.2) is 23.1 Å². The van der Waals surface area contributed by atoms with Gasteiger partial charge in [0, 0.05) is 49.7 Å². The van der Waals surface area contributed by atoms with Crippen LogP contribution < -0.4 is 21.2 Å². The Kier molecular flexibility index (Phi) is 7.67. The number of halogens is 1. The monoisotopic (exact) mass is 622 g/mol. The molecular weight excluding hydrogens is 596 g/mol. The van der Waals surface area contributed by atoms with Crippen molar-refractivity contribution in [3.63, 3.8) is 0 Å². The van der Waals surface area contributed by atoms with Crippen LogP contribution in [0.3, 0.4) is 0 Å². The Hall–Kier alpha value is -4.82. The van der Waals surface area contributed by atoms with Crippen LogP contribution in [0.4, 0.5) is 5.69 Å². The summed E-state index contributed by atoms with van der Waals surface area (Å²) in [5, 5.41) is 7.81. The van der Waals surface area contributed by atoms with Crippen LogP contribution in [0.25, 0.3) is 28.1 Å². The number of sulfonamides is 1. The second-order valence-electron chi connectivity index (χ2n) is 10.1. The van der Waals surface area contributed by atoms with Crippen molar-refractivity contribution in [2.45, 2.75) is 19.9 Å². The summed E-state index contributed by atoms with van der Waals surface area (Å²) in [5.41, 5.74) is 1.58. The highest BCUT2D eigenvalue weighted by Crippen LogP contribution is 2.29. The van der Waals surface area contributed by atoms with Crippen molar-refractivity contribution in [3.8, 4) is 17.2 Å². The minimum atomic E-state index is -3.86. The molecule has 2 N–H and O–H groups in total. The molecule has 0 aliphatic carbocycles. The molecule has 0 spiro atoms. The lowest BCUT2D eigenvalue weighted by Crippen LogP contribution is -2.31. The third-order valence-corrected chi connectivity index (χ3v) is 7.44. The molecule has 0 saturated carbocycles. The standard InChI is InChI=1S/C28H27ClN8O5S/c1-15-12-18(16(2)30-20-6-7-21(29)31-25(20)27(39)34-43(5,41)42)24-19(13-15)28(40)36(4)26(32-24)17-8-11-37(23(38)14-17)22-9-10-35(3)33-22/h6-14,16,30H,1-5H3,(H,34,39)/t16-/m1/s1. The van der Waals surface area contributed by atoms with Gasteiger partial charge in [-0.05, 0) is 43.7 Å². The summed E-state index contributed by atoms with van der Waals surface area (Å²) in [5.74, 6) is -0.219. The van der Waals surface area contributed by atoms with E-state index in [2.05, 4.69) is 15.4 Å². The SMILES string of the molecule is Cc1cc([C@@H](C)Nc2ccc(Cl)nc2C(=O)NS(C)(=O)=O)c2nc(-c3ccn(-c4ccn(C)n4)c(=O)c3)n(C)c(=O)c2c1. The van der Waals surface area contributed by atoms with E-state index >= 15 is 0 Å². The second kappa shape index (κ2) is 11.1. The van der Waals surface area contributed by atoms with Gasteiger partial charge < -0.3 is 5.32 Å². The molecule has 1 amide bonds. The van der Waals surface area contributed by atoms with Crippen LogP contribution >= 0.6 is 11.6 Å². The van der Waals surface area contributed by atoms with Gasteiger partial charge in [0.15, 0.2) is 11.5 Å². The lowest BCUT2D eigenvalue weighted by molar-refractivity contribution is 0.0977. The third-order valence-electron chi connectivity index (χ3n) is 6.67. The maximum absolute atomic E-state index is 13.6. The number of nitrogens with zero attached hydrogens (tertiary/aromatic N) is 6. The minimum absolute atomic E-state index is 0.00219. The van der Waals surface area contributed by atoms with Crippen molar-refractivity contribution in [1.82, 2.24) is 33.6 Å². The van der Waals surface area contributed by atoms with Gasteiger partial charge in [-0.2, -0.15) is 5.10 Å². The van der Waals surface area contributed by atoms with Gasteiger partial charge in [0.2, 0.25) is 10.0 Å². The number of rotatable bonds is 7. The van der Waals surface area contributed by atoms with E-state index in [9.17, 15) is 22.8 Å². The van der Waals surface area contributed by atoms with E-state index in [4.69, 9.17) is 16.6 Å². The third kappa shape index (κ3) is 6.05. The summed E-state index contributed by atoms with van der Waals surface area (Å²) in [6, 6.07) is 10.8. The molecule has 0 saturated heterocycles. The van der Waals surface area contributed by atoms with Crippen molar-refractivity contribution in [3.05, 3.63) is 97.5 Å². The second-order valence-corrected chi connectivity index (χ2v) is 12.3. The summed E-state index contributed by atoms with van der Waals surface area (Å²) < 4.78 is 29.6. The maximum atomic E-state index is 13.6. The van der Waals surface area contributed by atoms with Crippen LogP contribution in [0, 0.1) is 6.92 Å². The van der Waals surface area contributed by atoms with E-state index in [1.165, 1.54) is 27.3 Å². The predicted molar refractivity (Wildman–Crippen MR) is 163 cm³/mol. The zero-order valence-electron chi connectivity index (χ0n) is 23.8. The van der Waals surface area contributed by atoms with E-state index < -0.39 is 22.0 Å². The number of aromatic nitrogens is 6. The fraction of sp³-hybridized carbons (Fsp3) is 0.214. The van der Waals surface area contributed by atoms with Crippen LogP contribution in [0.15, 0.2) is 64.4 Å². The highest BCUT2D eigenvalue weighted by Gasteiger charge is 2.22. The Morgan fingerprint density at radius 1 is 1.02 bits per heavy atom. The molecule has 43 heavy (non-hydrogen) atoms. The molecule has 4 aromatic heterocycles. The predicted octanol–water partition coefficient (Wildman–Crippen LogP) is 2.70. The van der Waals surface area contributed by atoms with Crippen LogP contribution in [-0.2, 0) is 24.1 Å². The average molecular weight is 623 g/mol. The van der Waals surface area contributed by atoms with E-state index in [-0.39, 0.29) is 33.5 Å². The Balaban J connectivity index is 1.60. The summed E-state index contributed by atoms with van der Waals surface area (Å²) in [6.45, 7) is 3.64. The minimum Gasteiger partial charge on any atom is -0.377 e. The van der Waals surface area contributed by atoms with Crippen molar-refractivity contribution in [2.24, 2.45) is 14.1 Å². The van der Waals surface area contributed by atoms with Gasteiger partial charge in [-0.3, -0.25) is 28.2 Å². The van der Waals surface area contributed by atoms with E-state index in [1.807, 2.05) is 17.7 Å². The van der Waals surface area contributed by atoms with Crippen LogP contribution in [0.2, 0.25) is 5.15 Å². The first-order chi connectivity index (χ1) is 20.2. The van der Waals surface area contributed by atoms with Crippen LogP contribution in [0.1, 0.15) is 34.6 Å². The maximum Gasteiger partial charge on any atom is 0.285 e. The van der Waals surface area contributed by atoms with E-state index in [1.54, 1.807) is 56.3 Å². The molecule has 0 bridgehead atoms. The van der Waals surface area contributed by atoms with Gasteiger partial charge in [0.1, 0.15) is 11.0 Å². The molecule has 15 heteroatoms. The van der Waals surface area contributed by atoms with Gasteiger partial charge in [-0.1, -0.05) is 17.7 Å². The molecule has 5 rings (SSSR count). The topological polar surface area (TPSA) is 163 Å². The molecule has 4 heterocycles. The fourth-order valence-electron chi connectivity index (χ4n) is 4.73. The normalized spacial score (nSPS) is 12.3. The quantitative estimate of drug-likeness (QED) is 0.260. The van der Waals surface area contributed by atoms with Crippen LogP contribution in [0.5, 0.6) is 0 Å². The summed E-state index contributed by atoms with van der Waals surface area (Å²) >= 11 is 6.01. The largest absolute Gasteiger partial charge is 0.377 e. The molecule has 222 valence electrons. The van der Waals surface area contributed by atoms with Crippen molar-refractivity contribution in [2.75, 3.05) is 11.6 Å². The first-order valence-corrected chi connectivity index (χ1v) is 15.2. The van der Waals surface area contributed by atoms with Gasteiger partial charge in [0.05, 0.1) is 28.9 Å². The van der Waals surface area contributed by atoms with Crippen molar-refractivity contribution < 1.29 is 13.2 Å². The van der Waals surface area contributed by atoms with Crippen molar-refractivity contribution >= 4 is 44.1 Å². The first-order valence-electron chi connectivity index (χ1n) is 12.9. The number of benzene rings is 1. The lowest BCUT2D eigenvalue weighted by Gasteiger charge is -2.20. The summed E-state index contributed by atoms with van der Waals surface area (Å²) in [4.78, 5) is 48.1. The summed E-state index contributed by atoms with van der Waals surface area (Å²) in [7, 11) is -0.524. The number of aryl methyl sites for hydroxylation is 2. The van der Waals surface area contributed by atoms with Gasteiger partial charge in [-0.15, -0.1) is 0 Å². The Morgan fingerprint density at radius 2 is 1.77 bits per heavy atom. The zero-order valence-corrected chi connectivity index (χ0v) is 25.4. The number of anilines is 1. The van der Waals surface area contributed by atoms with Crippen LogP contribution in [-0.4, -0.2) is 49.5 Å². The first kappa shape index (κ1) is 29.7. The zero-order chi connectivity index (χ0) is 31.2. The Bertz CT molecular complexity index is 2150. The van der Waals surface area contributed by atoms with E-state index in [0.717, 1.165) is 11.8 Å². The average Bonchev–Trinajstić information content (AvgIpc) is 3.36. The number of amides is 1. The molecular formula is C28H27ClN8O5S. The number of pyridine rings is 2. The highest BCUT2D eigenvalue weighted by molar-refractivity contribution is 7.89. The summed E-state index contributed by atoms with van der Waals surface area (Å²) in [6.07, 6.45) is 4.16. The lowest BCUT2D eigenvalue weighted by atomic mass is 10.0. The van der Waals surface area contributed by atoms with Gasteiger partial charge in [0.25, 0.3) is 17.0 Å². The molecule has 13 nitrogen and oxygen atoms in total. The molecule has 1 aromatic carbocycles. The fourth-order valence-corrected chi connectivity index (χ4v) is 5.31. The number of hydrogen-bond acceptors (Lipinski definition) is 9. The Morgan fingerprint density at radius 3 is 2.42 bits per heavy atom. The smallest absolute Gasteiger partial charge is 0.285 e. The molecule has 0 aliphatic rings. The molecule has 0 radical (unpaired) electrons. The molecule has 0 unspecified atom stereocenters. The van der Waals surface area contributed by atoms with E-state index in [0.29, 0.717) is 27.8 Å². The molecule has 0 aliphatic heterocycles. The highest BCUT2D eigenvalue weighted by atomic mass is 35.5. The number of carbonyl (C=O) groups excluding carboxylic acids is 1. The molecule has 0 fully saturated rings. The Labute approximate surface area is 250 Å². The number of hydrogen-bond donors (Lipinski definition) is 2. The number of carbonyl (C=O) groups is 1. The van der Waals surface area contributed by atoms with Gasteiger partial charge >= 0.3 is 0 Å². The molecule has 5 aromatic rings. The molecule has 1 atom stereocenters. The number of fused-ring (bicyclic) bond motifs is 1.